The van der Waals surface area contributed by atoms with Gasteiger partial charge >= 0.3 is 0 Å². The molecule has 0 aliphatic heterocycles. The molecule has 4 heteroatoms. The Balaban J connectivity index is 1.66. The van der Waals surface area contributed by atoms with Crippen LogP contribution >= 0.6 is 0 Å². The van der Waals surface area contributed by atoms with Crippen molar-refractivity contribution >= 4 is 21.9 Å². The van der Waals surface area contributed by atoms with E-state index in [0.29, 0.717) is 33.4 Å². The number of aromatic nitrogens is 1. The molecule has 3 nitrogen and oxygen atoms in total. The number of furan rings is 1. The minimum Gasteiger partial charge on any atom is -0.454 e. The number of hydrogen-bond donors (Lipinski definition) is 0. The first-order valence-electron chi connectivity index (χ1n) is 13.4. The van der Waals surface area contributed by atoms with Gasteiger partial charge < -0.3 is 4.42 Å². The maximum absolute atomic E-state index is 13.9. The second-order valence-corrected chi connectivity index (χ2v) is 9.18. The van der Waals surface area contributed by atoms with Crippen molar-refractivity contribution in [2.75, 3.05) is 0 Å². The summed E-state index contributed by atoms with van der Waals surface area (Å²) >= 11 is 0. The van der Waals surface area contributed by atoms with E-state index in [-0.39, 0.29) is 11.4 Å². The minimum atomic E-state index is -2.38. The molecule has 0 unspecified atom stereocenters. The number of nitrogens with zero attached hydrogens (tertiary/aromatic N) is 2. The lowest BCUT2D eigenvalue weighted by atomic mass is 9.92. The summed E-state index contributed by atoms with van der Waals surface area (Å²) in [4.78, 5) is 0. The van der Waals surface area contributed by atoms with Gasteiger partial charge in [0.05, 0.1) is 17.2 Å². The third-order valence-electron chi connectivity index (χ3n) is 6.89. The molecule has 0 saturated carbocycles. The maximum Gasteiger partial charge on any atom is 0.216 e. The molecule has 0 bridgehead atoms. The molecule has 6 aromatic rings. The van der Waals surface area contributed by atoms with Gasteiger partial charge in [0, 0.05) is 26.5 Å². The van der Waals surface area contributed by atoms with Gasteiger partial charge in [-0.15, -0.1) is 0 Å². The molecule has 0 amide bonds. The van der Waals surface area contributed by atoms with Crippen molar-refractivity contribution in [3.8, 4) is 39.6 Å². The van der Waals surface area contributed by atoms with Crippen LogP contribution in [0.3, 0.4) is 0 Å². The molecular weight excluding hydrogens is 459 g/mol. The molecule has 2 heterocycles. The normalized spacial score (nSPS) is 12.8. The number of pyridine rings is 1. The molecule has 0 aliphatic carbocycles. The largest absolute Gasteiger partial charge is 0.454 e. The number of rotatable bonds is 3. The van der Waals surface area contributed by atoms with Crippen LogP contribution < -0.4 is 4.57 Å². The third-order valence-corrected chi connectivity index (χ3v) is 6.89. The average molecular weight is 487 g/mol. The van der Waals surface area contributed by atoms with E-state index in [1.54, 1.807) is 35.9 Å². The van der Waals surface area contributed by atoms with Crippen molar-refractivity contribution in [3.05, 3.63) is 114 Å². The number of nitriles is 1. The van der Waals surface area contributed by atoms with Crippen LogP contribution in [-0.2, 0) is 7.05 Å². The Morgan fingerprint density at radius 2 is 1.59 bits per heavy atom. The molecule has 178 valence electrons. The molecule has 0 saturated heterocycles. The molecule has 6 rings (SSSR count). The summed E-state index contributed by atoms with van der Waals surface area (Å²) < 4.78 is 47.0. The van der Waals surface area contributed by atoms with Crippen molar-refractivity contribution in [2.45, 2.75) is 13.8 Å². The van der Waals surface area contributed by atoms with Crippen LogP contribution in [-0.4, -0.2) is 0 Å². The Morgan fingerprint density at radius 3 is 2.32 bits per heavy atom. The Kier molecular flexibility index (Phi) is 4.58. The zero-order chi connectivity index (χ0) is 28.2. The van der Waals surface area contributed by atoms with Gasteiger partial charge in [-0.05, 0) is 59.8 Å². The van der Waals surface area contributed by atoms with Gasteiger partial charge in [0.15, 0.2) is 5.82 Å². The molecule has 0 N–H and O–H groups in total. The van der Waals surface area contributed by atoms with E-state index in [4.69, 9.17) is 8.53 Å². The van der Waals surface area contributed by atoms with Crippen LogP contribution in [0, 0.1) is 30.9 Å². The SMILES string of the molecule is [2H]C([2H])([2H])c1cc(-c2c(C#N)ccc3c2oc2c(-c4ccc(F)c[n+]4C)c(C)ccc23)ccc1-c1ccccc1. The second-order valence-electron chi connectivity index (χ2n) is 9.18. The lowest BCUT2D eigenvalue weighted by Gasteiger charge is -2.11. The summed E-state index contributed by atoms with van der Waals surface area (Å²) in [6.45, 7) is -0.408. The van der Waals surface area contributed by atoms with Crippen molar-refractivity contribution in [2.24, 2.45) is 7.05 Å². The van der Waals surface area contributed by atoms with E-state index in [9.17, 15) is 9.65 Å². The first kappa shape index (κ1) is 19.4. The van der Waals surface area contributed by atoms with E-state index in [0.717, 1.165) is 33.2 Å². The van der Waals surface area contributed by atoms with Crippen LogP contribution in [0.25, 0.3) is 55.4 Å². The predicted molar refractivity (Wildman–Crippen MR) is 145 cm³/mol. The van der Waals surface area contributed by atoms with E-state index in [1.807, 2.05) is 61.5 Å². The first-order valence-corrected chi connectivity index (χ1v) is 11.9. The van der Waals surface area contributed by atoms with Crippen LogP contribution in [0.15, 0.2) is 95.5 Å². The van der Waals surface area contributed by atoms with Crippen LogP contribution in [0.4, 0.5) is 4.39 Å². The predicted octanol–water partition coefficient (Wildman–Crippen LogP) is 8.04. The van der Waals surface area contributed by atoms with E-state index >= 15 is 0 Å². The fourth-order valence-corrected chi connectivity index (χ4v) is 5.10. The second kappa shape index (κ2) is 8.72. The number of halogens is 1. The lowest BCUT2D eigenvalue weighted by molar-refractivity contribution is -0.661. The smallest absolute Gasteiger partial charge is 0.216 e. The Hall–Kier alpha value is -4.75. The maximum atomic E-state index is 13.9. The lowest BCUT2D eigenvalue weighted by Crippen LogP contribution is -2.31. The topological polar surface area (TPSA) is 40.8 Å². The summed E-state index contributed by atoms with van der Waals surface area (Å²) in [7, 11) is 1.78. The molecular formula is C33H24FN2O+. The fraction of sp³-hybridized carbons (Fsp3) is 0.0909. The van der Waals surface area contributed by atoms with Gasteiger partial charge in [0.25, 0.3) is 0 Å². The Morgan fingerprint density at radius 1 is 0.838 bits per heavy atom. The standard InChI is InChI=1S/C33H24FN2O/c1-20-9-13-27-28-15-11-24(18-35)31(23-10-14-26(21(2)17-23)22-7-5-4-6-8-22)33(28)37-32(27)30(20)29-16-12-25(34)19-36(29)3/h4-17,19H,1-3H3/q+1/i2D3. The van der Waals surface area contributed by atoms with Crippen LogP contribution in [0.2, 0.25) is 0 Å². The quantitative estimate of drug-likeness (QED) is 0.238. The van der Waals surface area contributed by atoms with Crippen LogP contribution in [0.5, 0.6) is 0 Å². The zero-order valence-electron chi connectivity index (χ0n) is 23.3. The summed E-state index contributed by atoms with van der Waals surface area (Å²) in [5, 5.41) is 11.7. The molecule has 2 aromatic heterocycles. The monoisotopic (exact) mass is 486 g/mol. The highest BCUT2D eigenvalue weighted by Crippen LogP contribution is 2.42. The first-order chi connectivity index (χ1) is 19.2. The highest BCUT2D eigenvalue weighted by molar-refractivity contribution is 6.14. The van der Waals surface area contributed by atoms with Crippen molar-refractivity contribution in [1.82, 2.24) is 0 Å². The van der Waals surface area contributed by atoms with Gasteiger partial charge in [-0.2, -0.15) is 9.83 Å². The summed E-state index contributed by atoms with van der Waals surface area (Å²) in [5.74, 6) is -0.342. The van der Waals surface area contributed by atoms with Gasteiger partial charge in [-0.1, -0.05) is 60.7 Å². The van der Waals surface area contributed by atoms with Crippen LogP contribution in [0.1, 0.15) is 20.8 Å². The number of hydrogen-bond acceptors (Lipinski definition) is 2. The molecule has 4 aromatic carbocycles. The zero-order valence-corrected chi connectivity index (χ0v) is 20.3. The minimum absolute atomic E-state index is 0.197. The molecule has 0 atom stereocenters. The van der Waals surface area contributed by atoms with E-state index in [1.165, 1.54) is 12.3 Å². The van der Waals surface area contributed by atoms with Crippen molar-refractivity contribution in [1.29, 1.82) is 5.26 Å². The molecule has 0 fully saturated rings. The van der Waals surface area contributed by atoms with Gasteiger partial charge in [-0.25, -0.2) is 4.39 Å². The highest BCUT2D eigenvalue weighted by atomic mass is 19.1. The highest BCUT2D eigenvalue weighted by Gasteiger charge is 2.23. The molecule has 0 spiro atoms. The molecule has 0 radical (unpaired) electrons. The summed E-state index contributed by atoms with van der Waals surface area (Å²) in [6.07, 6.45) is 1.42. The average Bonchev–Trinajstić information content (AvgIpc) is 3.31. The van der Waals surface area contributed by atoms with Crippen molar-refractivity contribution < 1.29 is 17.5 Å². The number of benzene rings is 4. The summed E-state index contributed by atoms with van der Waals surface area (Å²) in [5.41, 5.74) is 6.77. The van der Waals surface area contributed by atoms with E-state index < -0.39 is 6.85 Å². The number of aryl methyl sites for hydroxylation is 3. The fourth-order valence-electron chi connectivity index (χ4n) is 5.10. The van der Waals surface area contributed by atoms with Crippen molar-refractivity contribution in [3.63, 3.8) is 0 Å². The van der Waals surface area contributed by atoms with Gasteiger partial charge in [0.1, 0.15) is 18.2 Å². The third kappa shape index (κ3) is 3.68. The Labute approximate surface area is 218 Å². The number of fused-ring (bicyclic) bond motifs is 3. The van der Waals surface area contributed by atoms with E-state index in [2.05, 4.69) is 6.07 Å². The Bertz CT molecular complexity index is 1990. The molecule has 0 aliphatic rings. The van der Waals surface area contributed by atoms with Gasteiger partial charge in [0.2, 0.25) is 11.9 Å². The molecule has 37 heavy (non-hydrogen) atoms. The van der Waals surface area contributed by atoms with Gasteiger partial charge in [-0.3, -0.25) is 0 Å². The summed E-state index contributed by atoms with van der Waals surface area (Å²) in [6, 6.07) is 27.6.